The van der Waals surface area contributed by atoms with Gasteiger partial charge < -0.3 is 24.4 Å². The van der Waals surface area contributed by atoms with Crippen molar-refractivity contribution in [3.05, 3.63) is 0 Å². The molecule has 2 unspecified atom stereocenters. The van der Waals surface area contributed by atoms with E-state index in [4.69, 9.17) is 9.47 Å². The Bertz CT molecular complexity index is 465. The highest BCUT2D eigenvalue weighted by molar-refractivity contribution is 5.92. The Hall–Kier alpha value is -1.67. The summed E-state index contributed by atoms with van der Waals surface area (Å²) >= 11 is 0. The Morgan fingerprint density at radius 1 is 0.821 bits per heavy atom. The fourth-order valence-corrected chi connectivity index (χ4v) is 2.50. The molecule has 28 heavy (non-hydrogen) atoms. The van der Waals surface area contributed by atoms with Crippen LogP contribution < -0.4 is 0 Å². The van der Waals surface area contributed by atoms with Crippen LogP contribution in [-0.4, -0.2) is 59.6 Å². The third-order valence-corrected chi connectivity index (χ3v) is 4.22. The molecule has 8 heteroatoms. The van der Waals surface area contributed by atoms with E-state index in [-0.39, 0.29) is 19.8 Å². The van der Waals surface area contributed by atoms with Gasteiger partial charge in [-0.25, -0.2) is 9.59 Å². The number of hydrogen-bond donors (Lipinski definition) is 2. The zero-order chi connectivity index (χ0) is 21.4. The number of unbranched alkanes of at least 4 members (excludes halogenated alkanes) is 6. The van der Waals surface area contributed by atoms with Gasteiger partial charge in [0, 0.05) is 0 Å². The minimum Gasteiger partial charge on any atom is -0.466 e. The summed E-state index contributed by atoms with van der Waals surface area (Å²) in [5, 5.41) is 20.8. The zero-order valence-electron chi connectivity index (χ0n) is 17.4. The number of ether oxygens (including phenoxy) is 3. The summed E-state index contributed by atoms with van der Waals surface area (Å²) in [4.78, 5) is 36.2. The summed E-state index contributed by atoms with van der Waals surface area (Å²) in [5.41, 5.74) is -2.75. The molecule has 0 aliphatic carbocycles. The van der Waals surface area contributed by atoms with Crippen LogP contribution in [0.4, 0.5) is 0 Å². The largest absolute Gasteiger partial charge is 0.466 e. The van der Waals surface area contributed by atoms with Gasteiger partial charge in [-0.3, -0.25) is 4.79 Å². The van der Waals surface area contributed by atoms with Crippen LogP contribution in [0.15, 0.2) is 0 Å². The van der Waals surface area contributed by atoms with Crippen molar-refractivity contribution in [3.63, 3.8) is 0 Å². The Balaban J connectivity index is 4.89. The monoisotopic (exact) mass is 404 g/mol. The fourth-order valence-electron chi connectivity index (χ4n) is 2.50. The van der Waals surface area contributed by atoms with Gasteiger partial charge in [0.15, 0.2) is 6.10 Å². The van der Waals surface area contributed by atoms with Crippen molar-refractivity contribution in [2.45, 2.75) is 90.3 Å². The molecule has 164 valence electrons. The second-order valence-corrected chi connectivity index (χ2v) is 6.73. The standard InChI is InChI=1S/C20H36O8/c1-4-7-9-11-13-27-16(21)15-20(25,17(22)18(23)26-6-3)19(24)28-14-12-10-8-5-2/h17,22,25H,4-15H2,1-3H3. The third kappa shape index (κ3) is 10.0. The van der Waals surface area contributed by atoms with Crippen LogP contribution in [0.2, 0.25) is 0 Å². The van der Waals surface area contributed by atoms with Crippen molar-refractivity contribution in [1.82, 2.24) is 0 Å². The number of aliphatic hydroxyl groups excluding tert-OH is 1. The first-order chi connectivity index (χ1) is 13.3. The number of hydrogen-bond acceptors (Lipinski definition) is 8. The average Bonchev–Trinajstić information content (AvgIpc) is 2.66. The molecule has 0 aliphatic heterocycles. The fraction of sp³-hybridized carbons (Fsp3) is 0.850. The van der Waals surface area contributed by atoms with Gasteiger partial charge in [-0.05, 0) is 19.8 Å². The quantitative estimate of drug-likeness (QED) is 0.228. The summed E-state index contributed by atoms with van der Waals surface area (Å²) in [6.07, 6.45) is 3.82. The molecule has 0 spiro atoms. The molecule has 0 aromatic carbocycles. The summed E-state index contributed by atoms with van der Waals surface area (Å²) in [7, 11) is 0. The van der Waals surface area contributed by atoms with Gasteiger partial charge in [0.2, 0.25) is 5.60 Å². The molecule has 0 rings (SSSR count). The maximum absolute atomic E-state index is 12.4. The van der Waals surface area contributed by atoms with Crippen molar-refractivity contribution in [1.29, 1.82) is 0 Å². The molecular formula is C20H36O8. The van der Waals surface area contributed by atoms with Crippen LogP contribution in [-0.2, 0) is 28.6 Å². The maximum atomic E-state index is 12.4. The summed E-state index contributed by atoms with van der Waals surface area (Å²) < 4.78 is 14.7. The highest BCUT2D eigenvalue weighted by Crippen LogP contribution is 2.21. The second kappa shape index (κ2) is 15.3. The minimum atomic E-state index is -2.75. The molecule has 0 radical (unpaired) electrons. The lowest BCUT2D eigenvalue weighted by atomic mass is 9.92. The molecule has 2 N–H and O–H groups in total. The normalized spacial score (nSPS) is 14.0. The van der Waals surface area contributed by atoms with Crippen LogP contribution in [0, 0.1) is 0 Å². The average molecular weight is 405 g/mol. The zero-order valence-corrected chi connectivity index (χ0v) is 17.4. The lowest BCUT2D eigenvalue weighted by molar-refractivity contribution is -0.194. The minimum absolute atomic E-state index is 0.0166. The molecule has 2 atom stereocenters. The third-order valence-electron chi connectivity index (χ3n) is 4.22. The molecule has 0 saturated heterocycles. The number of esters is 3. The Morgan fingerprint density at radius 2 is 1.36 bits per heavy atom. The van der Waals surface area contributed by atoms with E-state index in [0.29, 0.717) is 12.8 Å². The van der Waals surface area contributed by atoms with Crippen molar-refractivity contribution < 1.29 is 38.8 Å². The van der Waals surface area contributed by atoms with E-state index in [1.807, 2.05) is 6.92 Å². The van der Waals surface area contributed by atoms with E-state index in [9.17, 15) is 24.6 Å². The van der Waals surface area contributed by atoms with E-state index in [1.165, 1.54) is 6.92 Å². The van der Waals surface area contributed by atoms with Gasteiger partial charge in [-0.1, -0.05) is 52.4 Å². The highest BCUT2D eigenvalue weighted by atomic mass is 16.6. The van der Waals surface area contributed by atoms with E-state index in [0.717, 1.165) is 38.5 Å². The van der Waals surface area contributed by atoms with Crippen LogP contribution in [0.3, 0.4) is 0 Å². The van der Waals surface area contributed by atoms with Crippen LogP contribution >= 0.6 is 0 Å². The number of carbonyl (C=O) groups is 3. The van der Waals surface area contributed by atoms with Crippen molar-refractivity contribution in [2.24, 2.45) is 0 Å². The molecule has 0 aliphatic rings. The van der Waals surface area contributed by atoms with E-state index >= 15 is 0 Å². The van der Waals surface area contributed by atoms with Crippen LogP contribution in [0.5, 0.6) is 0 Å². The van der Waals surface area contributed by atoms with Crippen molar-refractivity contribution in [3.8, 4) is 0 Å². The lowest BCUT2D eigenvalue weighted by Gasteiger charge is -2.28. The molecule has 0 bridgehead atoms. The van der Waals surface area contributed by atoms with Gasteiger partial charge >= 0.3 is 17.9 Å². The molecule has 8 nitrogen and oxygen atoms in total. The SMILES string of the molecule is CCCCCCOC(=O)CC(O)(C(=O)OCCCCCC)C(O)C(=O)OCC. The van der Waals surface area contributed by atoms with Gasteiger partial charge in [-0.15, -0.1) is 0 Å². The van der Waals surface area contributed by atoms with Crippen LogP contribution in [0.1, 0.15) is 78.6 Å². The van der Waals surface area contributed by atoms with Gasteiger partial charge in [-0.2, -0.15) is 0 Å². The lowest BCUT2D eigenvalue weighted by Crippen LogP contribution is -2.56. The molecule has 0 fully saturated rings. The second-order valence-electron chi connectivity index (χ2n) is 6.73. The topological polar surface area (TPSA) is 119 Å². The molecule has 0 saturated carbocycles. The van der Waals surface area contributed by atoms with Crippen molar-refractivity contribution >= 4 is 17.9 Å². The molecule has 0 heterocycles. The smallest absolute Gasteiger partial charge is 0.342 e. The molecular weight excluding hydrogens is 368 g/mol. The number of rotatable bonds is 16. The molecule has 0 aromatic rings. The van der Waals surface area contributed by atoms with E-state index in [1.54, 1.807) is 0 Å². The molecule has 0 amide bonds. The first kappa shape index (κ1) is 26.3. The Morgan fingerprint density at radius 3 is 1.86 bits per heavy atom. The predicted octanol–water partition coefficient (Wildman–Crippen LogP) is 2.28. The van der Waals surface area contributed by atoms with Crippen molar-refractivity contribution in [2.75, 3.05) is 19.8 Å². The maximum Gasteiger partial charge on any atom is 0.342 e. The summed E-state index contributed by atoms with van der Waals surface area (Å²) in [5.74, 6) is -3.35. The molecule has 0 aromatic heterocycles. The first-order valence-corrected chi connectivity index (χ1v) is 10.2. The number of carbonyl (C=O) groups excluding carboxylic acids is 3. The number of aliphatic hydroxyl groups is 2. The predicted molar refractivity (Wildman–Crippen MR) is 102 cm³/mol. The summed E-state index contributed by atoms with van der Waals surface area (Å²) in [6.45, 7) is 5.70. The first-order valence-electron chi connectivity index (χ1n) is 10.2. The summed E-state index contributed by atoms with van der Waals surface area (Å²) in [6, 6.07) is 0. The van der Waals surface area contributed by atoms with Gasteiger partial charge in [0.1, 0.15) is 0 Å². The van der Waals surface area contributed by atoms with E-state index in [2.05, 4.69) is 11.7 Å². The Kier molecular flexibility index (Phi) is 14.4. The van der Waals surface area contributed by atoms with Gasteiger partial charge in [0.25, 0.3) is 0 Å². The highest BCUT2D eigenvalue weighted by Gasteiger charge is 2.51. The Labute approximate surface area is 167 Å². The van der Waals surface area contributed by atoms with Gasteiger partial charge in [0.05, 0.1) is 26.2 Å². The van der Waals surface area contributed by atoms with Crippen LogP contribution in [0.25, 0.3) is 0 Å². The van der Waals surface area contributed by atoms with E-state index < -0.39 is 36.0 Å².